The molecule has 1 aromatic carbocycles. The standard InChI is InChI=1S/C17H25NO2S.C11H20ClNO2.C11H19NO2.C9H15ClO2.C9H16O2.C9H18O/c1-4-5-6-7-11-14-16(17(19)18(2)20-3)21-15-12-9-8-10-13-15;1-4-5-6-7-8-9-10(12)11(14)13(2)15-3;1-4-5-6-7-8-9-10-11(13)12(2)14-3;1-2-3-4-5-6-7-8(10)9(11)12;1-2-3-4-5-6-7-8-9(10)11;1-2-3-4-5-6-7-8-9-10/h5-6,8-10,12-13,16H,4,7,11,14H2,1-3H3;5-6,10H,4,7-9H2,1-3H3;5-6,9-10H,4,7-8H2,1-3H3;3-4,8H,2,5-7H2,1H3,(H,11,12);3-4H,2,5-8H2,1H3,(H,10,11);3-4,10H,2,5-9H2,1H3/b2*6-5-;6-5-,10-9+;3*4-3-. The van der Waals surface area contributed by atoms with E-state index in [1.165, 1.54) is 55.4 Å². The molecule has 3 atom stereocenters. The first-order valence-electron chi connectivity index (χ1n) is 30.0. The Morgan fingerprint density at radius 3 is 1.28 bits per heavy atom. The third kappa shape index (κ3) is 66.5. The van der Waals surface area contributed by atoms with Crippen molar-refractivity contribution in [1.82, 2.24) is 15.2 Å². The van der Waals surface area contributed by atoms with E-state index in [-0.39, 0.29) is 23.0 Å². The molecule has 0 saturated heterocycles. The number of halogens is 2. The van der Waals surface area contributed by atoms with E-state index >= 15 is 0 Å². The zero-order valence-electron chi connectivity index (χ0n) is 53.2. The first kappa shape index (κ1) is 87.3. The fourth-order valence-electron chi connectivity index (χ4n) is 6.34. The van der Waals surface area contributed by atoms with Crippen molar-refractivity contribution in [2.24, 2.45) is 0 Å². The Balaban J connectivity index is -0.000000299. The van der Waals surface area contributed by atoms with Gasteiger partial charge in [0.05, 0.1) is 26.6 Å². The lowest BCUT2D eigenvalue weighted by atomic mass is 10.1. The van der Waals surface area contributed by atoms with Crippen molar-refractivity contribution in [3.8, 4) is 0 Å². The molecule has 0 heterocycles. The Morgan fingerprint density at radius 2 is 0.867 bits per heavy atom. The van der Waals surface area contributed by atoms with Crippen LogP contribution in [-0.4, -0.2) is 125 Å². The minimum atomic E-state index is -0.920. The first-order chi connectivity index (χ1) is 39.9. The number of unbranched alkanes of at least 4 members (excludes halogenated alkanes) is 9. The van der Waals surface area contributed by atoms with E-state index < -0.39 is 22.7 Å². The molecule has 1 rings (SSSR count). The second-order valence-corrected chi connectivity index (χ2v) is 20.8. The Bertz CT molecular complexity index is 1860. The minimum absolute atomic E-state index is 0.0193. The Kier molecular flexibility index (Phi) is 73.6. The number of aliphatic carboxylic acids is 2. The highest BCUT2D eigenvalue weighted by Crippen LogP contribution is 2.28. The molecule has 0 aliphatic carbocycles. The van der Waals surface area contributed by atoms with Gasteiger partial charge in [0.2, 0.25) is 0 Å². The third-order valence-corrected chi connectivity index (χ3v) is 13.4. The topological polar surface area (TPSA) is 183 Å². The van der Waals surface area contributed by atoms with Crippen LogP contribution < -0.4 is 0 Å². The number of amides is 3. The quantitative estimate of drug-likeness (QED) is 0.0141. The second kappa shape index (κ2) is 70.0. The van der Waals surface area contributed by atoms with Crippen LogP contribution in [0, 0.1) is 0 Å². The minimum Gasteiger partial charge on any atom is -0.481 e. The molecule has 0 bridgehead atoms. The average molecular weight is 1230 g/mol. The number of alkyl halides is 2. The molecule has 0 aliphatic heterocycles. The van der Waals surface area contributed by atoms with Gasteiger partial charge in [0, 0.05) is 45.1 Å². The number of carboxylic acids is 2. The maximum absolute atomic E-state index is 12.4. The predicted octanol–water partition coefficient (Wildman–Crippen LogP) is 17.3. The molecule has 83 heavy (non-hydrogen) atoms. The van der Waals surface area contributed by atoms with Gasteiger partial charge >= 0.3 is 11.9 Å². The summed E-state index contributed by atoms with van der Waals surface area (Å²) in [5.41, 5.74) is 0. The molecule has 1 aromatic rings. The Morgan fingerprint density at radius 1 is 0.482 bits per heavy atom. The summed E-state index contributed by atoms with van der Waals surface area (Å²) in [4.78, 5) is 70.9. The fourth-order valence-corrected chi connectivity index (χ4v) is 7.96. The number of thioether (sulfide) groups is 1. The summed E-state index contributed by atoms with van der Waals surface area (Å²) in [5.74, 6) is -1.91. The molecule has 0 saturated carbocycles. The molecule has 0 radical (unpaired) electrons. The van der Waals surface area contributed by atoms with E-state index in [4.69, 9.17) is 53.0 Å². The van der Waals surface area contributed by atoms with Gasteiger partial charge in [0.1, 0.15) is 10.8 Å². The Hall–Kier alpha value is -4.48. The van der Waals surface area contributed by atoms with Gasteiger partial charge in [-0.2, -0.15) is 0 Å². The monoisotopic (exact) mass is 1230 g/mol. The van der Waals surface area contributed by atoms with Crippen LogP contribution in [0.5, 0.6) is 0 Å². The van der Waals surface area contributed by atoms with Crippen molar-refractivity contribution in [2.75, 3.05) is 49.1 Å². The number of aliphatic hydroxyl groups is 1. The maximum atomic E-state index is 12.4. The molecule has 3 N–H and O–H groups in total. The largest absolute Gasteiger partial charge is 0.481 e. The summed E-state index contributed by atoms with van der Waals surface area (Å²) >= 11 is 13.0. The number of allylic oxidation sites excluding steroid dienone is 13. The van der Waals surface area contributed by atoms with Crippen LogP contribution in [0.4, 0.5) is 0 Å². The molecule has 14 nitrogen and oxygen atoms in total. The number of carboxylic acid groups (broad SMARTS) is 2. The molecule has 478 valence electrons. The number of hydroxylamine groups is 6. The lowest BCUT2D eigenvalue weighted by Gasteiger charge is -2.21. The lowest BCUT2D eigenvalue weighted by molar-refractivity contribution is -0.168. The van der Waals surface area contributed by atoms with Crippen LogP contribution in [0.2, 0.25) is 0 Å². The van der Waals surface area contributed by atoms with Crippen molar-refractivity contribution in [1.29, 1.82) is 0 Å². The van der Waals surface area contributed by atoms with Gasteiger partial charge in [0.15, 0.2) is 0 Å². The molecule has 0 fully saturated rings. The van der Waals surface area contributed by atoms with Gasteiger partial charge < -0.3 is 15.3 Å². The SMILES string of the molecule is CC/C=C\CC/C=C/C(=O)N(C)OC.CC/C=C\CCCC(Cl)C(=O)N(C)OC.CC/C=C\CCCC(Cl)C(=O)O.CC/C=C\CCCC(Sc1ccccc1)C(=O)N(C)OC.CC/C=C\CCCCC(=O)O.CC/C=C\CCCCCO. The summed E-state index contributed by atoms with van der Waals surface area (Å²) in [5, 5.41) is 27.6. The van der Waals surface area contributed by atoms with Crippen molar-refractivity contribution in [3.05, 3.63) is 115 Å². The van der Waals surface area contributed by atoms with Gasteiger partial charge in [-0.05, 0) is 160 Å². The normalized spacial score (nSPS) is 12.1. The van der Waals surface area contributed by atoms with Crippen LogP contribution in [0.3, 0.4) is 0 Å². The molecule has 0 aromatic heterocycles. The molecule has 0 aliphatic rings. The summed E-state index contributed by atoms with van der Waals surface area (Å²) in [6.07, 6.45) is 52.7. The molecule has 0 spiro atoms. The zero-order chi connectivity index (χ0) is 63.6. The van der Waals surface area contributed by atoms with Gasteiger partial charge in [-0.25, -0.2) is 15.2 Å². The van der Waals surface area contributed by atoms with Gasteiger partial charge in [-0.3, -0.25) is 38.5 Å². The van der Waals surface area contributed by atoms with Crippen molar-refractivity contribution < 1.29 is 53.8 Å². The molecular weight excluding hydrogens is 1110 g/mol. The summed E-state index contributed by atoms with van der Waals surface area (Å²) in [6.45, 7) is 13.0. The molecule has 17 heteroatoms. The number of hydrogen-bond acceptors (Lipinski definition) is 10. The van der Waals surface area contributed by atoms with Gasteiger partial charge in [-0.15, -0.1) is 35.0 Å². The number of rotatable bonds is 40. The highest BCUT2D eigenvalue weighted by atomic mass is 35.5. The second-order valence-electron chi connectivity index (χ2n) is 18.5. The summed E-state index contributed by atoms with van der Waals surface area (Å²) in [7, 11) is 9.25. The van der Waals surface area contributed by atoms with Crippen molar-refractivity contribution >= 4 is 64.6 Å². The number of benzene rings is 1. The first-order valence-corrected chi connectivity index (χ1v) is 31.7. The number of likely N-dealkylation sites (N-methyl/N-ethyl adjacent to an activating group) is 1. The van der Waals surface area contributed by atoms with E-state index in [2.05, 4.69) is 114 Å². The van der Waals surface area contributed by atoms with Crippen molar-refractivity contribution in [2.45, 2.75) is 223 Å². The smallest absolute Gasteiger partial charge is 0.321 e. The van der Waals surface area contributed by atoms with Crippen LogP contribution in [0.25, 0.3) is 0 Å². The fraction of sp³-hybridized carbons (Fsp3) is 0.621. The highest BCUT2D eigenvalue weighted by Gasteiger charge is 2.23. The zero-order valence-corrected chi connectivity index (χ0v) is 55.5. The average Bonchev–Trinajstić information content (AvgIpc) is 3.50. The summed E-state index contributed by atoms with van der Waals surface area (Å²) < 4.78 is 0. The maximum Gasteiger partial charge on any atom is 0.321 e. The molecular formula is C66H113Cl2N3O11S. The predicted molar refractivity (Wildman–Crippen MR) is 351 cm³/mol. The number of hydrogen-bond donors (Lipinski definition) is 3. The summed E-state index contributed by atoms with van der Waals surface area (Å²) in [6, 6.07) is 10.0. The molecule has 3 amide bonds. The van der Waals surface area contributed by atoms with E-state index in [1.807, 2.05) is 36.4 Å². The van der Waals surface area contributed by atoms with Crippen LogP contribution in [-0.2, 0) is 38.5 Å². The van der Waals surface area contributed by atoms with Crippen molar-refractivity contribution in [3.63, 3.8) is 0 Å². The molecule has 3 unspecified atom stereocenters. The van der Waals surface area contributed by atoms with Gasteiger partial charge in [0.25, 0.3) is 17.7 Å². The van der Waals surface area contributed by atoms with E-state index in [1.54, 1.807) is 32.9 Å². The van der Waals surface area contributed by atoms with E-state index in [0.29, 0.717) is 25.9 Å². The Labute approximate surface area is 518 Å². The van der Waals surface area contributed by atoms with Crippen LogP contribution in [0.15, 0.2) is 120 Å². The number of nitrogens with zero attached hydrogens (tertiary/aromatic N) is 3. The number of carbonyl (C=O) groups excluding carboxylic acids is 3. The number of carbonyl (C=O) groups is 5. The van der Waals surface area contributed by atoms with E-state index in [9.17, 15) is 24.0 Å². The van der Waals surface area contributed by atoms with Gasteiger partial charge in [-0.1, -0.05) is 145 Å². The van der Waals surface area contributed by atoms with Crippen LogP contribution >= 0.6 is 35.0 Å². The van der Waals surface area contributed by atoms with Crippen LogP contribution in [0.1, 0.15) is 202 Å². The number of aliphatic hydroxyl groups excluding tert-OH is 1. The third-order valence-electron chi connectivity index (χ3n) is 11.3. The lowest BCUT2D eigenvalue weighted by Crippen LogP contribution is -2.33. The van der Waals surface area contributed by atoms with E-state index in [0.717, 1.165) is 133 Å². The highest BCUT2D eigenvalue weighted by molar-refractivity contribution is 8.00.